The molecule has 0 aromatic carbocycles. The highest BCUT2D eigenvalue weighted by atomic mass is 16.5. The normalized spacial score (nSPS) is 10.1. The summed E-state index contributed by atoms with van der Waals surface area (Å²) < 4.78 is 4.63. The fraction of sp³-hybridized carbons (Fsp3) is 0.500. The van der Waals surface area contributed by atoms with Crippen LogP contribution in [0.25, 0.3) is 0 Å². The lowest BCUT2D eigenvalue weighted by Crippen LogP contribution is -1.99. The summed E-state index contributed by atoms with van der Waals surface area (Å²) in [6.07, 6.45) is 2.61. The summed E-state index contributed by atoms with van der Waals surface area (Å²) >= 11 is 0. The lowest BCUT2D eigenvalue weighted by Gasteiger charge is -1.91. The second kappa shape index (κ2) is 6.48. The summed E-state index contributed by atoms with van der Waals surface area (Å²) in [5.74, 6) is 4.68. The number of hydrogen-bond acceptors (Lipinski definition) is 2. The summed E-state index contributed by atoms with van der Waals surface area (Å²) in [7, 11) is 0. The van der Waals surface area contributed by atoms with Crippen LogP contribution in [0.2, 0.25) is 0 Å². The van der Waals surface area contributed by atoms with E-state index in [9.17, 15) is 4.79 Å². The monoisotopic (exact) mass is 166 g/mol. The van der Waals surface area contributed by atoms with Crippen LogP contribution in [0.5, 0.6) is 0 Å². The first-order valence-electron chi connectivity index (χ1n) is 3.98. The van der Waals surface area contributed by atoms with E-state index in [0.717, 1.165) is 5.57 Å². The molecule has 0 spiro atoms. The molecule has 0 bridgehead atoms. The third-order valence-electron chi connectivity index (χ3n) is 1.33. The Hall–Kier alpha value is -1.23. The average Bonchev–Trinajstić information content (AvgIpc) is 2.04. The van der Waals surface area contributed by atoms with E-state index in [0.29, 0.717) is 13.0 Å². The molecule has 0 aromatic heterocycles. The SMILES string of the molecule is C/C=C(/C)CC#CC(=O)OCC. The third kappa shape index (κ3) is 5.55. The zero-order chi connectivity index (χ0) is 9.40. The van der Waals surface area contributed by atoms with Gasteiger partial charge in [-0.25, -0.2) is 4.79 Å². The fourth-order valence-corrected chi connectivity index (χ4v) is 0.525. The molecule has 66 valence electrons. The van der Waals surface area contributed by atoms with Gasteiger partial charge in [-0.05, 0) is 20.8 Å². The van der Waals surface area contributed by atoms with Crippen molar-refractivity contribution in [1.29, 1.82) is 0 Å². The van der Waals surface area contributed by atoms with Gasteiger partial charge >= 0.3 is 5.97 Å². The Balaban J connectivity index is 3.81. The van der Waals surface area contributed by atoms with Gasteiger partial charge < -0.3 is 4.74 Å². The predicted molar refractivity (Wildman–Crippen MR) is 48.5 cm³/mol. The number of carbonyl (C=O) groups excluding carboxylic acids is 1. The van der Waals surface area contributed by atoms with Crippen molar-refractivity contribution in [3.8, 4) is 11.8 Å². The van der Waals surface area contributed by atoms with Gasteiger partial charge in [0.1, 0.15) is 0 Å². The molecule has 0 saturated heterocycles. The van der Waals surface area contributed by atoms with E-state index < -0.39 is 5.97 Å². The summed E-state index contributed by atoms with van der Waals surface area (Å²) in [5, 5.41) is 0. The van der Waals surface area contributed by atoms with Crippen LogP contribution in [0.15, 0.2) is 11.6 Å². The van der Waals surface area contributed by atoms with E-state index in [1.54, 1.807) is 6.92 Å². The number of esters is 1. The molecule has 0 aliphatic rings. The third-order valence-corrected chi connectivity index (χ3v) is 1.33. The molecule has 0 aliphatic heterocycles. The van der Waals surface area contributed by atoms with Crippen molar-refractivity contribution in [2.24, 2.45) is 0 Å². The van der Waals surface area contributed by atoms with Crippen LogP contribution in [0.3, 0.4) is 0 Å². The van der Waals surface area contributed by atoms with Gasteiger partial charge in [0.05, 0.1) is 6.61 Å². The molecule has 0 aliphatic carbocycles. The molecule has 12 heavy (non-hydrogen) atoms. The summed E-state index contributed by atoms with van der Waals surface area (Å²) in [6, 6.07) is 0. The van der Waals surface area contributed by atoms with Crippen molar-refractivity contribution < 1.29 is 9.53 Å². The van der Waals surface area contributed by atoms with Crippen molar-refractivity contribution in [2.45, 2.75) is 27.2 Å². The molecule has 0 N–H and O–H groups in total. The van der Waals surface area contributed by atoms with Crippen molar-refractivity contribution in [2.75, 3.05) is 6.61 Å². The Morgan fingerprint density at radius 2 is 2.25 bits per heavy atom. The lowest BCUT2D eigenvalue weighted by molar-refractivity contribution is -0.136. The molecule has 0 saturated carbocycles. The molecule has 2 nitrogen and oxygen atoms in total. The lowest BCUT2D eigenvalue weighted by atomic mass is 10.2. The van der Waals surface area contributed by atoms with Crippen LogP contribution >= 0.6 is 0 Å². The first-order chi connectivity index (χ1) is 5.70. The summed E-state index contributed by atoms with van der Waals surface area (Å²) in [5.41, 5.74) is 1.16. The first-order valence-corrected chi connectivity index (χ1v) is 3.98. The van der Waals surface area contributed by atoms with Crippen molar-refractivity contribution in [1.82, 2.24) is 0 Å². The molecule has 0 rings (SSSR count). The van der Waals surface area contributed by atoms with Gasteiger partial charge in [0, 0.05) is 12.3 Å². The minimum Gasteiger partial charge on any atom is -0.456 e. The standard InChI is InChI=1S/C10H14O2/c1-4-9(3)7-6-8-10(11)12-5-2/h4H,5,7H2,1-3H3/b9-4-. The second-order valence-electron chi connectivity index (χ2n) is 2.33. The Labute approximate surface area is 73.6 Å². The minimum absolute atomic E-state index is 0.385. The molecule has 0 amide bonds. The molecule has 2 heteroatoms. The molecule has 0 heterocycles. The van der Waals surface area contributed by atoms with E-state index in [-0.39, 0.29) is 0 Å². The molecule has 0 atom stereocenters. The van der Waals surface area contributed by atoms with Gasteiger partial charge in [0.2, 0.25) is 0 Å². The van der Waals surface area contributed by atoms with E-state index in [1.165, 1.54) is 0 Å². The zero-order valence-corrected chi connectivity index (χ0v) is 7.81. The van der Waals surface area contributed by atoms with Crippen LogP contribution in [-0.2, 0) is 9.53 Å². The van der Waals surface area contributed by atoms with E-state index >= 15 is 0 Å². The second-order valence-corrected chi connectivity index (χ2v) is 2.33. The van der Waals surface area contributed by atoms with Gasteiger partial charge in [-0.15, -0.1) is 0 Å². The Kier molecular flexibility index (Phi) is 5.81. The number of allylic oxidation sites excluding steroid dienone is 2. The molecular weight excluding hydrogens is 152 g/mol. The fourth-order valence-electron chi connectivity index (χ4n) is 0.525. The molecule has 0 unspecified atom stereocenters. The van der Waals surface area contributed by atoms with Crippen molar-refractivity contribution >= 4 is 5.97 Å². The van der Waals surface area contributed by atoms with Crippen LogP contribution in [0, 0.1) is 11.8 Å². The van der Waals surface area contributed by atoms with Gasteiger partial charge in [0.25, 0.3) is 0 Å². The largest absolute Gasteiger partial charge is 0.456 e. The summed E-state index contributed by atoms with van der Waals surface area (Å²) in [6.45, 7) is 6.06. The molecular formula is C10H14O2. The molecule has 0 aromatic rings. The predicted octanol–water partition coefficient (Wildman–Crippen LogP) is 1.91. The Morgan fingerprint density at radius 3 is 2.75 bits per heavy atom. The number of hydrogen-bond donors (Lipinski definition) is 0. The number of ether oxygens (including phenoxy) is 1. The van der Waals surface area contributed by atoms with Crippen LogP contribution in [0.4, 0.5) is 0 Å². The maximum absolute atomic E-state index is 10.7. The Morgan fingerprint density at radius 1 is 1.58 bits per heavy atom. The average molecular weight is 166 g/mol. The zero-order valence-electron chi connectivity index (χ0n) is 7.81. The van der Waals surface area contributed by atoms with Crippen LogP contribution in [0.1, 0.15) is 27.2 Å². The highest BCUT2D eigenvalue weighted by Crippen LogP contribution is 1.95. The van der Waals surface area contributed by atoms with E-state index in [2.05, 4.69) is 16.6 Å². The highest BCUT2D eigenvalue weighted by Gasteiger charge is 1.91. The Bertz CT molecular complexity index is 228. The first kappa shape index (κ1) is 10.8. The van der Waals surface area contributed by atoms with Crippen molar-refractivity contribution in [3.63, 3.8) is 0 Å². The number of rotatable bonds is 2. The van der Waals surface area contributed by atoms with Gasteiger partial charge in [0.15, 0.2) is 0 Å². The van der Waals surface area contributed by atoms with Crippen LogP contribution in [-0.4, -0.2) is 12.6 Å². The summed E-state index contributed by atoms with van der Waals surface area (Å²) in [4.78, 5) is 10.7. The minimum atomic E-state index is -0.443. The van der Waals surface area contributed by atoms with Gasteiger partial charge in [-0.3, -0.25) is 0 Å². The highest BCUT2D eigenvalue weighted by molar-refractivity contribution is 5.88. The van der Waals surface area contributed by atoms with Gasteiger partial charge in [-0.2, -0.15) is 0 Å². The van der Waals surface area contributed by atoms with E-state index in [1.807, 2.05) is 19.9 Å². The quantitative estimate of drug-likeness (QED) is 0.271. The maximum Gasteiger partial charge on any atom is 0.384 e. The van der Waals surface area contributed by atoms with Gasteiger partial charge in [-0.1, -0.05) is 17.6 Å². The molecule has 0 fully saturated rings. The topological polar surface area (TPSA) is 26.3 Å². The van der Waals surface area contributed by atoms with E-state index in [4.69, 9.17) is 0 Å². The smallest absolute Gasteiger partial charge is 0.384 e. The maximum atomic E-state index is 10.7. The number of carbonyl (C=O) groups is 1. The van der Waals surface area contributed by atoms with Crippen molar-refractivity contribution in [3.05, 3.63) is 11.6 Å². The van der Waals surface area contributed by atoms with Crippen LogP contribution < -0.4 is 0 Å². The molecule has 0 radical (unpaired) electrons.